The fourth-order valence-corrected chi connectivity index (χ4v) is 2.78. The van der Waals surface area contributed by atoms with Gasteiger partial charge in [-0.05, 0) is 36.2 Å². The molecule has 0 atom stereocenters. The number of benzene rings is 1. The molecule has 0 spiro atoms. The van der Waals surface area contributed by atoms with Crippen molar-refractivity contribution < 1.29 is 9.53 Å². The summed E-state index contributed by atoms with van der Waals surface area (Å²) in [6.45, 7) is 4.31. The van der Waals surface area contributed by atoms with Crippen LogP contribution in [0, 0.1) is 0 Å². The molecule has 2 rings (SSSR count). The van der Waals surface area contributed by atoms with Crippen LogP contribution in [-0.2, 0) is 16.1 Å². The first kappa shape index (κ1) is 13.1. The van der Waals surface area contributed by atoms with Crippen molar-refractivity contribution in [2.24, 2.45) is 0 Å². The Morgan fingerprint density at radius 1 is 1.39 bits per heavy atom. The summed E-state index contributed by atoms with van der Waals surface area (Å²) in [6.07, 6.45) is 0. The van der Waals surface area contributed by atoms with E-state index in [1.165, 1.54) is 22.8 Å². The monoisotopic (exact) mass is 263 g/mol. The van der Waals surface area contributed by atoms with Gasteiger partial charge in [0.05, 0.1) is 7.11 Å². The number of nitrogens with one attached hydrogen (secondary N) is 1. The van der Waals surface area contributed by atoms with Crippen LogP contribution in [0.2, 0.25) is 0 Å². The van der Waals surface area contributed by atoms with Gasteiger partial charge >= 0.3 is 5.97 Å². The van der Waals surface area contributed by atoms with E-state index in [0.29, 0.717) is 6.54 Å². The summed E-state index contributed by atoms with van der Waals surface area (Å²) in [5.74, 6) is -0.248. The lowest BCUT2D eigenvalue weighted by molar-refractivity contribution is -0.147. The summed E-state index contributed by atoms with van der Waals surface area (Å²) in [4.78, 5) is 11.6. The zero-order valence-electron chi connectivity index (χ0n) is 10.8. The predicted octanol–water partition coefficient (Wildman–Crippen LogP) is 2.94. The van der Waals surface area contributed by atoms with Crippen molar-refractivity contribution in [2.75, 3.05) is 7.11 Å². The van der Waals surface area contributed by atoms with Gasteiger partial charge in [0.2, 0.25) is 0 Å². The van der Waals surface area contributed by atoms with Crippen LogP contribution in [0.4, 0.5) is 0 Å². The number of methoxy groups -OCH3 is 1. The Bertz CT molecular complexity index is 560. The SMILES string of the molecule is COC(=O)C(C)(C)NCc1csc2ccccc12. The van der Waals surface area contributed by atoms with Gasteiger partial charge in [0.15, 0.2) is 0 Å². The van der Waals surface area contributed by atoms with E-state index in [0.717, 1.165) is 0 Å². The Hall–Kier alpha value is -1.39. The first-order valence-corrected chi connectivity index (χ1v) is 6.71. The molecule has 1 aromatic carbocycles. The van der Waals surface area contributed by atoms with Gasteiger partial charge in [0.1, 0.15) is 5.54 Å². The van der Waals surface area contributed by atoms with Crippen LogP contribution in [-0.4, -0.2) is 18.6 Å². The highest BCUT2D eigenvalue weighted by Gasteiger charge is 2.27. The number of carbonyl (C=O) groups excluding carboxylic acids is 1. The van der Waals surface area contributed by atoms with Crippen molar-refractivity contribution in [3.8, 4) is 0 Å². The van der Waals surface area contributed by atoms with Gasteiger partial charge in [-0.3, -0.25) is 10.1 Å². The van der Waals surface area contributed by atoms with Gasteiger partial charge in [0.25, 0.3) is 0 Å². The molecular formula is C14H17NO2S. The van der Waals surface area contributed by atoms with Crippen molar-refractivity contribution in [3.05, 3.63) is 35.2 Å². The number of carbonyl (C=O) groups is 1. The summed E-state index contributed by atoms with van der Waals surface area (Å²) in [6, 6.07) is 8.28. The number of fused-ring (bicyclic) bond motifs is 1. The Morgan fingerprint density at radius 2 is 2.11 bits per heavy atom. The normalized spacial score (nSPS) is 11.7. The number of hydrogen-bond donors (Lipinski definition) is 1. The van der Waals surface area contributed by atoms with E-state index < -0.39 is 5.54 Å². The van der Waals surface area contributed by atoms with Crippen LogP contribution in [0.1, 0.15) is 19.4 Å². The topological polar surface area (TPSA) is 38.3 Å². The highest BCUT2D eigenvalue weighted by Crippen LogP contribution is 2.25. The molecule has 1 heterocycles. The van der Waals surface area contributed by atoms with Crippen molar-refractivity contribution in [1.82, 2.24) is 5.32 Å². The van der Waals surface area contributed by atoms with Crippen LogP contribution >= 0.6 is 11.3 Å². The standard InChI is InChI=1S/C14H17NO2S/c1-14(2,13(16)17-3)15-8-10-9-18-12-7-5-4-6-11(10)12/h4-7,9,15H,8H2,1-3H3. The van der Waals surface area contributed by atoms with Gasteiger partial charge in [-0.25, -0.2) is 0 Å². The van der Waals surface area contributed by atoms with Crippen molar-refractivity contribution >= 4 is 27.4 Å². The molecule has 0 aliphatic carbocycles. The van der Waals surface area contributed by atoms with Crippen LogP contribution in [0.5, 0.6) is 0 Å². The third-order valence-corrected chi connectivity index (χ3v) is 3.99. The summed E-state index contributed by atoms with van der Waals surface area (Å²) in [5.41, 5.74) is 0.546. The van der Waals surface area contributed by atoms with Crippen LogP contribution in [0.15, 0.2) is 29.6 Å². The first-order valence-electron chi connectivity index (χ1n) is 5.83. The van der Waals surface area contributed by atoms with E-state index >= 15 is 0 Å². The van der Waals surface area contributed by atoms with Gasteiger partial charge in [-0.15, -0.1) is 11.3 Å². The smallest absolute Gasteiger partial charge is 0.325 e. The second-order valence-electron chi connectivity index (χ2n) is 4.73. The molecule has 0 amide bonds. The highest BCUT2D eigenvalue weighted by atomic mass is 32.1. The zero-order valence-corrected chi connectivity index (χ0v) is 11.6. The predicted molar refractivity (Wildman–Crippen MR) is 74.8 cm³/mol. The average Bonchev–Trinajstić information content (AvgIpc) is 2.78. The maximum Gasteiger partial charge on any atom is 0.325 e. The van der Waals surface area contributed by atoms with E-state index in [9.17, 15) is 4.79 Å². The number of hydrogen-bond acceptors (Lipinski definition) is 4. The molecule has 1 aromatic heterocycles. The molecule has 3 nitrogen and oxygen atoms in total. The maximum atomic E-state index is 11.6. The van der Waals surface area contributed by atoms with E-state index in [4.69, 9.17) is 4.74 Å². The number of esters is 1. The fourth-order valence-electron chi connectivity index (χ4n) is 1.81. The second-order valence-corrected chi connectivity index (χ2v) is 5.64. The van der Waals surface area contributed by atoms with Crippen molar-refractivity contribution in [1.29, 1.82) is 0 Å². The average molecular weight is 263 g/mol. The van der Waals surface area contributed by atoms with E-state index in [1.807, 2.05) is 26.0 Å². The van der Waals surface area contributed by atoms with Crippen LogP contribution in [0.25, 0.3) is 10.1 Å². The number of ether oxygens (including phenoxy) is 1. The molecule has 0 saturated carbocycles. The van der Waals surface area contributed by atoms with Crippen LogP contribution in [0.3, 0.4) is 0 Å². The first-order chi connectivity index (χ1) is 8.54. The molecular weight excluding hydrogens is 246 g/mol. The lowest BCUT2D eigenvalue weighted by Gasteiger charge is -2.22. The summed E-state index contributed by atoms with van der Waals surface area (Å²) < 4.78 is 6.04. The number of rotatable bonds is 4. The molecule has 18 heavy (non-hydrogen) atoms. The highest BCUT2D eigenvalue weighted by molar-refractivity contribution is 7.17. The molecule has 96 valence electrons. The van der Waals surface area contributed by atoms with Gasteiger partial charge < -0.3 is 4.74 Å². The molecule has 2 aromatic rings. The minimum Gasteiger partial charge on any atom is -0.468 e. The molecule has 0 aliphatic heterocycles. The van der Waals surface area contributed by atoms with Gasteiger partial charge in [-0.2, -0.15) is 0 Å². The zero-order chi connectivity index (χ0) is 13.2. The lowest BCUT2D eigenvalue weighted by Crippen LogP contribution is -2.46. The number of thiophene rings is 1. The molecule has 0 bridgehead atoms. The fraction of sp³-hybridized carbons (Fsp3) is 0.357. The minimum absolute atomic E-state index is 0.248. The quantitative estimate of drug-likeness (QED) is 0.862. The molecule has 1 N–H and O–H groups in total. The van der Waals surface area contributed by atoms with E-state index in [-0.39, 0.29) is 5.97 Å². The molecule has 0 aliphatic rings. The van der Waals surface area contributed by atoms with Gasteiger partial charge in [0, 0.05) is 11.2 Å². The maximum absolute atomic E-state index is 11.6. The third kappa shape index (κ3) is 2.54. The van der Waals surface area contributed by atoms with Gasteiger partial charge in [-0.1, -0.05) is 18.2 Å². The minimum atomic E-state index is -0.669. The molecule has 0 radical (unpaired) electrons. The molecule has 4 heteroatoms. The largest absolute Gasteiger partial charge is 0.468 e. The van der Waals surface area contributed by atoms with Crippen molar-refractivity contribution in [2.45, 2.75) is 25.9 Å². The molecule has 0 saturated heterocycles. The lowest BCUT2D eigenvalue weighted by atomic mass is 10.1. The Balaban J connectivity index is 2.13. The Labute approximate surface area is 111 Å². The second kappa shape index (κ2) is 5.08. The summed E-state index contributed by atoms with van der Waals surface area (Å²) in [7, 11) is 1.41. The van der Waals surface area contributed by atoms with E-state index in [1.54, 1.807) is 11.3 Å². The summed E-state index contributed by atoms with van der Waals surface area (Å²) in [5, 5.41) is 6.61. The summed E-state index contributed by atoms with van der Waals surface area (Å²) >= 11 is 1.72. The molecule has 0 unspecified atom stereocenters. The van der Waals surface area contributed by atoms with Crippen molar-refractivity contribution in [3.63, 3.8) is 0 Å². The van der Waals surface area contributed by atoms with Crippen LogP contribution < -0.4 is 5.32 Å². The third-order valence-electron chi connectivity index (χ3n) is 2.98. The van der Waals surface area contributed by atoms with E-state index in [2.05, 4.69) is 22.8 Å². The Morgan fingerprint density at radius 3 is 2.83 bits per heavy atom. The molecule has 0 fully saturated rings. The Kier molecular flexibility index (Phi) is 3.68.